The van der Waals surface area contributed by atoms with Crippen LogP contribution in [0.4, 0.5) is 0 Å². The Morgan fingerprint density at radius 3 is 2.73 bits per heavy atom. The van der Waals surface area contributed by atoms with Crippen LogP contribution in [-0.2, 0) is 4.74 Å². The summed E-state index contributed by atoms with van der Waals surface area (Å²) in [6.45, 7) is 3.99. The molecule has 15 heavy (non-hydrogen) atoms. The summed E-state index contributed by atoms with van der Waals surface area (Å²) in [4.78, 5) is 12.5. The molecule has 1 rings (SSSR count). The zero-order chi connectivity index (χ0) is 11.4. The smallest absolute Gasteiger partial charge is 0.338 e. The molecular weight excluding hydrogens is 232 g/mol. The molecule has 1 aromatic carbocycles. The summed E-state index contributed by atoms with van der Waals surface area (Å²) in [5.41, 5.74) is 1.32. The Labute approximate surface area is 99.0 Å². The predicted molar refractivity (Wildman–Crippen MR) is 63.9 cm³/mol. The summed E-state index contributed by atoms with van der Waals surface area (Å²) in [6.07, 6.45) is 1.95. The minimum atomic E-state index is -0.315. The van der Waals surface area contributed by atoms with Crippen molar-refractivity contribution in [3.8, 4) is 0 Å². The van der Waals surface area contributed by atoms with Crippen LogP contribution >= 0.6 is 23.4 Å². The van der Waals surface area contributed by atoms with E-state index in [1.165, 1.54) is 0 Å². The maximum Gasteiger partial charge on any atom is 0.338 e. The van der Waals surface area contributed by atoms with E-state index in [9.17, 15) is 4.79 Å². The van der Waals surface area contributed by atoms with Gasteiger partial charge in [-0.05, 0) is 37.8 Å². The maximum atomic E-state index is 11.5. The second kappa shape index (κ2) is 5.42. The molecule has 0 amide bonds. The number of rotatable bonds is 3. The molecule has 0 heterocycles. The maximum absolute atomic E-state index is 11.5. The van der Waals surface area contributed by atoms with Gasteiger partial charge < -0.3 is 4.74 Å². The first-order chi connectivity index (χ1) is 7.11. The monoisotopic (exact) mass is 244 g/mol. The fourth-order valence-corrected chi connectivity index (χ4v) is 2.18. The molecule has 4 heteroatoms. The van der Waals surface area contributed by atoms with E-state index in [1.54, 1.807) is 24.8 Å². The molecule has 0 aliphatic carbocycles. The van der Waals surface area contributed by atoms with Crippen molar-refractivity contribution in [3.63, 3.8) is 0 Å². The molecule has 0 aromatic heterocycles. The third-order valence-corrected chi connectivity index (χ3v) is 3.45. The molecule has 0 N–H and O–H groups in total. The van der Waals surface area contributed by atoms with Gasteiger partial charge in [-0.15, -0.1) is 11.8 Å². The molecule has 1 aromatic rings. The van der Waals surface area contributed by atoms with Crippen LogP contribution in [0.2, 0.25) is 5.02 Å². The lowest BCUT2D eigenvalue weighted by atomic mass is 10.1. The van der Waals surface area contributed by atoms with Crippen molar-refractivity contribution in [1.29, 1.82) is 0 Å². The van der Waals surface area contributed by atoms with Gasteiger partial charge in [0, 0.05) is 4.90 Å². The summed E-state index contributed by atoms with van der Waals surface area (Å²) < 4.78 is 4.93. The lowest BCUT2D eigenvalue weighted by Crippen LogP contribution is -2.07. The molecule has 0 aliphatic heterocycles. The summed E-state index contributed by atoms with van der Waals surface area (Å²) in [5.74, 6) is -0.315. The van der Waals surface area contributed by atoms with E-state index in [0.717, 1.165) is 10.5 Å². The average molecular weight is 245 g/mol. The molecule has 0 bridgehead atoms. The highest BCUT2D eigenvalue weighted by atomic mass is 35.5. The topological polar surface area (TPSA) is 26.3 Å². The highest BCUT2D eigenvalue weighted by Gasteiger charge is 2.14. The molecule has 0 saturated carbocycles. The van der Waals surface area contributed by atoms with Crippen LogP contribution in [0.25, 0.3) is 0 Å². The normalized spacial score (nSPS) is 10.1. The number of thioether (sulfide) groups is 1. The van der Waals surface area contributed by atoms with Gasteiger partial charge in [0.15, 0.2) is 0 Å². The molecule has 2 nitrogen and oxygen atoms in total. The average Bonchev–Trinajstić information content (AvgIpc) is 2.22. The molecule has 82 valence electrons. The number of carbonyl (C=O) groups is 1. The third kappa shape index (κ3) is 2.67. The second-order valence-electron chi connectivity index (χ2n) is 2.97. The van der Waals surface area contributed by atoms with Crippen molar-refractivity contribution < 1.29 is 9.53 Å². The fourth-order valence-electron chi connectivity index (χ4n) is 1.25. The van der Waals surface area contributed by atoms with Gasteiger partial charge in [-0.2, -0.15) is 0 Å². The number of halogens is 1. The standard InChI is InChI=1S/C11H13ClO2S/c1-4-14-11(13)8-5-6-9(15-3)10(12)7(8)2/h5-6H,4H2,1-3H3. The summed E-state index contributed by atoms with van der Waals surface area (Å²) in [7, 11) is 0. The van der Waals surface area contributed by atoms with Gasteiger partial charge in [0.05, 0.1) is 17.2 Å². The largest absolute Gasteiger partial charge is 0.462 e. The molecule has 0 radical (unpaired) electrons. The van der Waals surface area contributed by atoms with Crippen molar-refractivity contribution in [1.82, 2.24) is 0 Å². The zero-order valence-corrected chi connectivity index (χ0v) is 10.5. The van der Waals surface area contributed by atoms with Crippen molar-refractivity contribution in [3.05, 3.63) is 28.3 Å². The molecule has 0 fully saturated rings. The van der Waals surface area contributed by atoms with Crippen molar-refractivity contribution in [2.45, 2.75) is 18.7 Å². The van der Waals surface area contributed by atoms with Gasteiger partial charge in [0.1, 0.15) is 0 Å². The Hall–Kier alpha value is -0.670. The van der Waals surface area contributed by atoms with Crippen LogP contribution in [0.1, 0.15) is 22.8 Å². The van der Waals surface area contributed by atoms with Gasteiger partial charge in [-0.3, -0.25) is 0 Å². The van der Waals surface area contributed by atoms with Crippen molar-refractivity contribution in [2.75, 3.05) is 12.9 Å². The minimum Gasteiger partial charge on any atom is -0.462 e. The molecular formula is C11H13ClO2S. The van der Waals surface area contributed by atoms with Gasteiger partial charge in [0.25, 0.3) is 0 Å². The Morgan fingerprint density at radius 1 is 1.53 bits per heavy atom. The summed E-state index contributed by atoms with van der Waals surface area (Å²) >= 11 is 7.67. The van der Waals surface area contributed by atoms with Crippen LogP contribution in [0.15, 0.2) is 17.0 Å². The van der Waals surface area contributed by atoms with Crippen LogP contribution in [-0.4, -0.2) is 18.8 Å². The van der Waals surface area contributed by atoms with E-state index in [2.05, 4.69) is 0 Å². The van der Waals surface area contributed by atoms with E-state index >= 15 is 0 Å². The highest BCUT2D eigenvalue weighted by Crippen LogP contribution is 2.30. The van der Waals surface area contributed by atoms with Crippen LogP contribution < -0.4 is 0 Å². The van der Waals surface area contributed by atoms with E-state index in [-0.39, 0.29) is 5.97 Å². The van der Waals surface area contributed by atoms with Crippen LogP contribution in [0, 0.1) is 6.92 Å². The minimum absolute atomic E-state index is 0.315. The number of ether oxygens (including phenoxy) is 1. The fraction of sp³-hybridized carbons (Fsp3) is 0.364. The lowest BCUT2D eigenvalue weighted by molar-refractivity contribution is 0.0525. The lowest BCUT2D eigenvalue weighted by Gasteiger charge is -2.09. The van der Waals surface area contributed by atoms with Gasteiger partial charge in [-0.25, -0.2) is 4.79 Å². The number of esters is 1. The molecule has 0 spiro atoms. The first-order valence-corrected chi connectivity index (χ1v) is 6.22. The number of carbonyl (C=O) groups excluding carboxylic acids is 1. The zero-order valence-electron chi connectivity index (χ0n) is 8.96. The third-order valence-electron chi connectivity index (χ3n) is 2.07. The molecule has 0 saturated heterocycles. The Bertz CT molecular complexity index is 377. The summed E-state index contributed by atoms with van der Waals surface area (Å²) in [6, 6.07) is 3.59. The first kappa shape index (κ1) is 12.4. The van der Waals surface area contributed by atoms with Crippen LogP contribution in [0.3, 0.4) is 0 Å². The van der Waals surface area contributed by atoms with Crippen molar-refractivity contribution in [2.24, 2.45) is 0 Å². The quantitative estimate of drug-likeness (QED) is 0.601. The Kier molecular flexibility index (Phi) is 4.48. The van der Waals surface area contributed by atoms with Gasteiger partial charge in [0.2, 0.25) is 0 Å². The van der Waals surface area contributed by atoms with Gasteiger partial charge >= 0.3 is 5.97 Å². The van der Waals surface area contributed by atoms with Gasteiger partial charge in [-0.1, -0.05) is 11.6 Å². The van der Waals surface area contributed by atoms with E-state index in [1.807, 2.05) is 19.2 Å². The number of benzene rings is 1. The second-order valence-corrected chi connectivity index (χ2v) is 4.20. The molecule has 0 atom stereocenters. The summed E-state index contributed by atoms with van der Waals surface area (Å²) in [5, 5.41) is 0.632. The van der Waals surface area contributed by atoms with E-state index < -0.39 is 0 Å². The predicted octanol–water partition coefficient (Wildman–Crippen LogP) is 3.55. The number of hydrogen-bond donors (Lipinski definition) is 0. The SMILES string of the molecule is CCOC(=O)c1ccc(SC)c(Cl)c1C. The Balaban J connectivity index is 3.11. The van der Waals surface area contributed by atoms with Crippen molar-refractivity contribution >= 4 is 29.3 Å². The highest BCUT2D eigenvalue weighted by molar-refractivity contribution is 7.98. The first-order valence-electron chi connectivity index (χ1n) is 4.62. The number of hydrogen-bond acceptors (Lipinski definition) is 3. The van der Waals surface area contributed by atoms with E-state index in [0.29, 0.717) is 17.2 Å². The van der Waals surface area contributed by atoms with Crippen LogP contribution in [0.5, 0.6) is 0 Å². The molecule has 0 unspecified atom stereocenters. The Morgan fingerprint density at radius 2 is 2.20 bits per heavy atom. The molecule has 0 aliphatic rings. The van der Waals surface area contributed by atoms with E-state index in [4.69, 9.17) is 16.3 Å².